The number of hydrogen-bond donors (Lipinski definition) is 2. The summed E-state index contributed by atoms with van der Waals surface area (Å²) in [7, 11) is 0. The SMILES string of the molecule is C[C@H]1CCCN(c2cc(N3CCC[C@H](C)C3)nc(NC(=S)NC3CCCC3)n2)C1. The lowest BCUT2D eigenvalue weighted by atomic mass is 10.00. The van der Waals surface area contributed by atoms with Crippen LogP contribution in [-0.4, -0.2) is 47.3 Å². The topological polar surface area (TPSA) is 56.3 Å². The first kappa shape index (κ1) is 20.6. The molecule has 0 bridgehead atoms. The van der Waals surface area contributed by atoms with Crippen molar-refractivity contribution in [2.75, 3.05) is 41.3 Å². The first-order valence-corrected chi connectivity index (χ1v) is 11.9. The Morgan fingerprint density at radius 2 is 1.45 bits per heavy atom. The molecule has 2 atom stereocenters. The summed E-state index contributed by atoms with van der Waals surface area (Å²) in [5, 5.41) is 7.40. The van der Waals surface area contributed by atoms with Crippen molar-refractivity contribution in [3.8, 4) is 0 Å². The van der Waals surface area contributed by atoms with E-state index in [1.54, 1.807) is 0 Å². The molecule has 3 aliphatic rings. The Morgan fingerprint density at radius 3 is 1.97 bits per heavy atom. The fraction of sp³-hybridized carbons (Fsp3) is 0.773. The molecule has 2 saturated heterocycles. The summed E-state index contributed by atoms with van der Waals surface area (Å²) >= 11 is 5.58. The predicted molar refractivity (Wildman–Crippen MR) is 125 cm³/mol. The summed E-state index contributed by atoms with van der Waals surface area (Å²) < 4.78 is 0. The maximum Gasteiger partial charge on any atom is 0.232 e. The molecule has 0 amide bonds. The molecule has 0 radical (unpaired) electrons. The molecule has 3 heterocycles. The van der Waals surface area contributed by atoms with Gasteiger partial charge in [-0.2, -0.15) is 9.97 Å². The van der Waals surface area contributed by atoms with Crippen LogP contribution in [0.15, 0.2) is 6.07 Å². The molecule has 160 valence electrons. The van der Waals surface area contributed by atoms with E-state index in [0.717, 1.165) is 37.8 Å². The molecule has 7 heteroatoms. The molecule has 4 rings (SSSR count). The average molecular weight is 417 g/mol. The van der Waals surface area contributed by atoms with E-state index >= 15 is 0 Å². The van der Waals surface area contributed by atoms with Gasteiger partial charge in [0.1, 0.15) is 11.6 Å². The first-order valence-electron chi connectivity index (χ1n) is 11.5. The fourth-order valence-electron chi connectivity index (χ4n) is 4.99. The van der Waals surface area contributed by atoms with Crippen LogP contribution in [0.5, 0.6) is 0 Å². The van der Waals surface area contributed by atoms with E-state index < -0.39 is 0 Å². The van der Waals surface area contributed by atoms with Crippen molar-refractivity contribution in [1.29, 1.82) is 0 Å². The van der Waals surface area contributed by atoms with E-state index in [2.05, 4.69) is 40.3 Å². The molecular weight excluding hydrogens is 380 g/mol. The Labute approximate surface area is 180 Å². The van der Waals surface area contributed by atoms with Gasteiger partial charge in [-0.15, -0.1) is 0 Å². The van der Waals surface area contributed by atoms with E-state index in [-0.39, 0.29) is 0 Å². The largest absolute Gasteiger partial charge is 0.360 e. The number of aromatic nitrogens is 2. The van der Waals surface area contributed by atoms with Crippen molar-refractivity contribution in [1.82, 2.24) is 15.3 Å². The maximum atomic E-state index is 5.58. The highest BCUT2D eigenvalue weighted by atomic mass is 32.1. The summed E-state index contributed by atoms with van der Waals surface area (Å²) in [6, 6.07) is 2.68. The highest BCUT2D eigenvalue weighted by molar-refractivity contribution is 7.80. The van der Waals surface area contributed by atoms with Gasteiger partial charge in [-0.25, -0.2) is 0 Å². The predicted octanol–water partition coefficient (Wildman–Crippen LogP) is 4.18. The molecule has 1 aromatic rings. The minimum Gasteiger partial charge on any atom is -0.360 e. The monoisotopic (exact) mass is 416 g/mol. The van der Waals surface area contributed by atoms with E-state index in [1.165, 1.54) is 51.4 Å². The Balaban J connectivity index is 1.54. The Hall–Kier alpha value is -1.63. The molecule has 3 fully saturated rings. The van der Waals surface area contributed by atoms with Gasteiger partial charge in [0.25, 0.3) is 0 Å². The third-order valence-electron chi connectivity index (χ3n) is 6.58. The standard InChI is InChI=1S/C22H36N6S/c1-16-7-5-11-27(14-16)19-13-20(28-12-6-8-17(2)15-28)25-21(24-19)26-22(29)23-18-9-3-4-10-18/h13,16-18H,3-12,14-15H2,1-2H3,(H2,23,24,25,26,29)/t16-,17-/m0/s1. The molecule has 29 heavy (non-hydrogen) atoms. The highest BCUT2D eigenvalue weighted by Gasteiger charge is 2.23. The van der Waals surface area contributed by atoms with Gasteiger partial charge in [0.05, 0.1) is 0 Å². The zero-order valence-corrected chi connectivity index (χ0v) is 18.8. The van der Waals surface area contributed by atoms with Crippen LogP contribution in [0, 0.1) is 11.8 Å². The molecule has 1 aliphatic carbocycles. The van der Waals surface area contributed by atoms with Crippen LogP contribution in [0.4, 0.5) is 17.6 Å². The van der Waals surface area contributed by atoms with Crippen molar-refractivity contribution in [2.24, 2.45) is 11.8 Å². The summed E-state index contributed by atoms with van der Waals surface area (Å²) in [6.45, 7) is 8.94. The molecule has 1 saturated carbocycles. The Morgan fingerprint density at radius 1 is 0.897 bits per heavy atom. The lowest BCUT2D eigenvalue weighted by molar-refractivity contribution is 0.441. The second-order valence-electron chi connectivity index (χ2n) is 9.37. The lowest BCUT2D eigenvalue weighted by Crippen LogP contribution is -2.38. The zero-order chi connectivity index (χ0) is 20.2. The minimum atomic E-state index is 0.489. The third-order valence-corrected chi connectivity index (χ3v) is 6.80. The van der Waals surface area contributed by atoms with Gasteiger partial charge < -0.3 is 20.4 Å². The van der Waals surface area contributed by atoms with Gasteiger partial charge in [-0.05, 0) is 62.6 Å². The highest BCUT2D eigenvalue weighted by Crippen LogP contribution is 2.28. The number of anilines is 3. The number of nitrogens with zero attached hydrogens (tertiary/aromatic N) is 4. The quantitative estimate of drug-likeness (QED) is 0.714. The van der Waals surface area contributed by atoms with Gasteiger partial charge in [0.15, 0.2) is 5.11 Å². The van der Waals surface area contributed by atoms with Gasteiger partial charge in [-0.1, -0.05) is 26.7 Å². The van der Waals surface area contributed by atoms with E-state index in [4.69, 9.17) is 22.2 Å². The van der Waals surface area contributed by atoms with E-state index in [0.29, 0.717) is 28.9 Å². The van der Waals surface area contributed by atoms with Crippen molar-refractivity contribution >= 4 is 34.9 Å². The molecule has 2 N–H and O–H groups in total. The van der Waals surface area contributed by atoms with Gasteiger partial charge >= 0.3 is 0 Å². The second kappa shape index (κ2) is 9.45. The summed E-state index contributed by atoms with van der Waals surface area (Å²) in [5.74, 6) is 4.11. The van der Waals surface area contributed by atoms with Crippen LogP contribution in [-0.2, 0) is 0 Å². The van der Waals surface area contributed by atoms with Gasteiger partial charge in [0, 0.05) is 38.3 Å². The van der Waals surface area contributed by atoms with Crippen LogP contribution in [0.1, 0.15) is 65.2 Å². The van der Waals surface area contributed by atoms with Crippen LogP contribution >= 0.6 is 12.2 Å². The summed E-state index contributed by atoms with van der Waals surface area (Å²) in [5.41, 5.74) is 0. The smallest absolute Gasteiger partial charge is 0.232 e. The molecular formula is C22H36N6S. The Kier molecular flexibility index (Phi) is 6.73. The Bertz CT molecular complexity index is 664. The number of rotatable bonds is 4. The average Bonchev–Trinajstić information content (AvgIpc) is 3.20. The molecule has 0 aromatic carbocycles. The molecule has 1 aromatic heterocycles. The minimum absolute atomic E-state index is 0.489. The number of piperidine rings is 2. The third kappa shape index (κ3) is 5.50. The van der Waals surface area contributed by atoms with Crippen molar-refractivity contribution in [3.05, 3.63) is 6.07 Å². The second-order valence-corrected chi connectivity index (χ2v) is 9.78. The van der Waals surface area contributed by atoms with Crippen LogP contribution in [0.2, 0.25) is 0 Å². The normalized spacial score (nSPS) is 25.9. The maximum absolute atomic E-state index is 5.58. The van der Waals surface area contributed by atoms with Crippen LogP contribution < -0.4 is 20.4 Å². The van der Waals surface area contributed by atoms with E-state index in [1.807, 2.05) is 0 Å². The van der Waals surface area contributed by atoms with Crippen molar-refractivity contribution < 1.29 is 0 Å². The molecule has 6 nitrogen and oxygen atoms in total. The van der Waals surface area contributed by atoms with Gasteiger partial charge in [0.2, 0.25) is 5.95 Å². The van der Waals surface area contributed by atoms with Crippen LogP contribution in [0.3, 0.4) is 0 Å². The summed E-state index contributed by atoms with van der Waals surface area (Å²) in [4.78, 5) is 14.6. The molecule has 2 aliphatic heterocycles. The number of hydrogen-bond acceptors (Lipinski definition) is 5. The number of thiocarbonyl (C=S) groups is 1. The fourth-order valence-corrected chi connectivity index (χ4v) is 5.25. The molecule has 0 unspecified atom stereocenters. The summed E-state index contributed by atoms with van der Waals surface area (Å²) in [6.07, 6.45) is 10.0. The van der Waals surface area contributed by atoms with Crippen molar-refractivity contribution in [2.45, 2.75) is 71.3 Å². The van der Waals surface area contributed by atoms with Gasteiger partial charge in [-0.3, -0.25) is 0 Å². The van der Waals surface area contributed by atoms with Crippen molar-refractivity contribution in [3.63, 3.8) is 0 Å². The first-order chi connectivity index (χ1) is 14.1. The number of nitrogens with one attached hydrogen (secondary N) is 2. The lowest BCUT2D eigenvalue weighted by Gasteiger charge is -2.35. The molecule has 0 spiro atoms. The zero-order valence-electron chi connectivity index (χ0n) is 18.0. The van der Waals surface area contributed by atoms with E-state index in [9.17, 15) is 0 Å². The van der Waals surface area contributed by atoms with Crippen LogP contribution in [0.25, 0.3) is 0 Å².